The maximum Gasteiger partial charge on any atom is 0.336 e. The topological polar surface area (TPSA) is 56.7 Å². The Bertz CT molecular complexity index is 1390. The number of hydrogen-bond acceptors (Lipinski definition) is 3. The molecule has 7 heteroatoms. The van der Waals surface area contributed by atoms with Gasteiger partial charge in [0.05, 0.1) is 21.7 Å². The molecular weight excluding hydrogens is 435 g/mol. The Labute approximate surface area is 189 Å². The standard InChI is InChI=1S/C24H20Cl2N2O3/c1-27(2)13-5-7-15-21(9-13)31-22-10-14(28(3)4)6-8-16(22)23(15)17-11-19(25)20(26)12-18(17)24(29)30/h5-12H,1-4H3/p+1. The molecule has 1 aliphatic heterocycles. The second-order valence-electron chi connectivity index (χ2n) is 7.74. The van der Waals surface area contributed by atoms with Gasteiger partial charge in [-0.3, -0.25) is 0 Å². The third kappa shape index (κ3) is 3.75. The summed E-state index contributed by atoms with van der Waals surface area (Å²) in [7, 11) is 7.81. The molecule has 0 spiro atoms. The number of fused-ring (bicyclic) bond motifs is 2. The minimum atomic E-state index is -1.08. The van der Waals surface area contributed by atoms with Crippen LogP contribution in [0.4, 0.5) is 5.69 Å². The number of carboxylic acids is 1. The lowest BCUT2D eigenvalue weighted by Gasteiger charge is -2.19. The third-order valence-electron chi connectivity index (χ3n) is 5.28. The van der Waals surface area contributed by atoms with E-state index in [0.717, 1.165) is 27.6 Å². The van der Waals surface area contributed by atoms with E-state index in [1.807, 2.05) is 74.1 Å². The number of benzene rings is 3. The van der Waals surface area contributed by atoms with Gasteiger partial charge in [0.15, 0.2) is 0 Å². The molecule has 0 saturated carbocycles. The Morgan fingerprint density at radius 2 is 1.68 bits per heavy atom. The van der Waals surface area contributed by atoms with Crippen molar-refractivity contribution in [1.29, 1.82) is 0 Å². The Morgan fingerprint density at radius 3 is 2.32 bits per heavy atom. The van der Waals surface area contributed by atoms with E-state index in [-0.39, 0.29) is 10.6 Å². The molecule has 1 aliphatic carbocycles. The smallest absolute Gasteiger partial charge is 0.336 e. The highest BCUT2D eigenvalue weighted by molar-refractivity contribution is 6.42. The van der Waals surface area contributed by atoms with Crippen LogP contribution < -0.4 is 14.8 Å². The Balaban J connectivity index is 2.21. The molecule has 0 aromatic heterocycles. The van der Waals surface area contributed by atoms with Gasteiger partial charge >= 0.3 is 5.97 Å². The number of aromatic carboxylic acids is 1. The first kappa shape index (κ1) is 21.2. The summed E-state index contributed by atoms with van der Waals surface area (Å²) in [6.07, 6.45) is 0. The first-order valence-corrected chi connectivity index (χ1v) is 10.3. The average Bonchev–Trinajstić information content (AvgIpc) is 2.72. The molecule has 0 radical (unpaired) electrons. The van der Waals surface area contributed by atoms with Crippen LogP contribution in [-0.4, -0.2) is 39.3 Å². The van der Waals surface area contributed by atoms with Crippen molar-refractivity contribution < 1.29 is 14.3 Å². The molecule has 158 valence electrons. The van der Waals surface area contributed by atoms with E-state index in [0.29, 0.717) is 21.9 Å². The van der Waals surface area contributed by atoms with E-state index in [2.05, 4.69) is 0 Å². The predicted molar refractivity (Wildman–Crippen MR) is 127 cm³/mol. The van der Waals surface area contributed by atoms with Crippen LogP contribution >= 0.6 is 23.2 Å². The highest BCUT2D eigenvalue weighted by Crippen LogP contribution is 2.43. The molecule has 2 aromatic carbocycles. The highest BCUT2D eigenvalue weighted by Gasteiger charge is 2.23. The van der Waals surface area contributed by atoms with Gasteiger partial charge in [0.25, 0.3) is 0 Å². The summed E-state index contributed by atoms with van der Waals surface area (Å²) in [5.41, 5.74) is 3.71. The zero-order valence-electron chi connectivity index (χ0n) is 17.5. The first-order chi connectivity index (χ1) is 14.7. The predicted octanol–water partition coefficient (Wildman–Crippen LogP) is 5.31. The monoisotopic (exact) mass is 455 g/mol. The van der Waals surface area contributed by atoms with E-state index < -0.39 is 5.97 Å². The molecule has 5 nitrogen and oxygen atoms in total. The third-order valence-corrected chi connectivity index (χ3v) is 6.00. The van der Waals surface area contributed by atoms with Crippen molar-refractivity contribution in [2.75, 3.05) is 33.1 Å². The van der Waals surface area contributed by atoms with Crippen molar-refractivity contribution in [1.82, 2.24) is 4.58 Å². The minimum Gasteiger partial charge on any atom is -0.478 e. The van der Waals surface area contributed by atoms with Crippen LogP contribution in [0.2, 0.25) is 10.0 Å². The van der Waals surface area contributed by atoms with E-state index in [4.69, 9.17) is 27.6 Å². The molecule has 0 atom stereocenters. The van der Waals surface area contributed by atoms with E-state index in [9.17, 15) is 9.90 Å². The van der Waals surface area contributed by atoms with Gasteiger partial charge in [0.2, 0.25) is 5.36 Å². The number of hydrogen-bond donors (Lipinski definition) is 1. The van der Waals surface area contributed by atoms with E-state index in [1.165, 1.54) is 6.07 Å². The van der Waals surface area contributed by atoms with Crippen LogP contribution in [0, 0.1) is 0 Å². The van der Waals surface area contributed by atoms with E-state index >= 15 is 0 Å². The number of carbonyl (C=O) groups is 1. The summed E-state index contributed by atoms with van der Waals surface area (Å²) >= 11 is 12.5. The fourth-order valence-corrected chi connectivity index (χ4v) is 3.97. The van der Waals surface area contributed by atoms with Crippen molar-refractivity contribution in [2.45, 2.75) is 0 Å². The lowest BCUT2D eigenvalue weighted by atomic mass is 9.90. The van der Waals surface area contributed by atoms with E-state index in [1.54, 1.807) is 6.07 Å². The average molecular weight is 456 g/mol. The van der Waals surface area contributed by atoms with Crippen LogP contribution in [-0.2, 0) is 0 Å². The molecule has 0 bridgehead atoms. The second-order valence-corrected chi connectivity index (χ2v) is 8.56. The molecule has 31 heavy (non-hydrogen) atoms. The van der Waals surface area contributed by atoms with Gasteiger partial charge in [-0.2, -0.15) is 0 Å². The maximum absolute atomic E-state index is 12.1. The van der Waals surface area contributed by atoms with Crippen LogP contribution in [0.1, 0.15) is 10.4 Å². The van der Waals surface area contributed by atoms with Crippen molar-refractivity contribution >= 4 is 45.8 Å². The Hall–Kier alpha value is -3.02. The molecule has 0 unspecified atom stereocenters. The summed E-state index contributed by atoms with van der Waals surface area (Å²) in [6.45, 7) is 0. The van der Waals surface area contributed by atoms with Gasteiger partial charge in [-0.15, -0.1) is 0 Å². The zero-order chi connectivity index (χ0) is 22.4. The molecule has 1 N–H and O–H groups in total. The van der Waals surface area contributed by atoms with Crippen molar-refractivity contribution in [2.24, 2.45) is 0 Å². The summed E-state index contributed by atoms with van der Waals surface area (Å²) < 4.78 is 8.27. The number of anilines is 1. The highest BCUT2D eigenvalue weighted by atomic mass is 35.5. The van der Waals surface area contributed by atoms with Gasteiger partial charge in [-0.25, -0.2) is 9.37 Å². The minimum absolute atomic E-state index is 0.0802. The first-order valence-electron chi connectivity index (χ1n) is 9.58. The van der Waals surface area contributed by atoms with Crippen LogP contribution in [0.15, 0.2) is 52.9 Å². The summed E-state index contributed by atoms with van der Waals surface area (Å²) in [5.74, 6) is -0.433. The lowest BCUT2D eigenvalue weighted by Crippen LogP contribution is -2.21. The molecule has 1 heterocycles. The molecule has 0 amide bonds. The SMILES string of the molecule is CN(C)c1ccc2c(-c3cc(Cl)c(Cl)cc3C(=O)O)c3ccc(=[N+](C)C)cc-3oc2c1. The molecule has 0 fully saturated rings. The number of nitrogens with zero attached hydrogens (tertiary/aromatic N) is 2. The van der Waals surface area contributed by atoms with Gasteiger partial charge in [0, 0.05) is 48.4 Å². The molecule has 2 aliphatic rings. The quantitative estimate of drug-likeness (QED) is 0.336. The fraction of sp³-hybridized carbons (Fsp3) is 0.167. The fourth-order valence-electron chi connectivity index (χ4n) is 3.64. The molecule has 4 rings (SSSR count). The van der Waals surface area contributed by atoms with Gasteiger partial charge in [0.1, 0.15) is 25.4 Å². The normalized spacial score (nSPS) is 11.2. The maximum atomic E-state index is 12.1. The van der Waals surface area contributed by atoms with Crippen LogP contribution in [0.5, 0.6) is 0 Å². The van der Waals surface area contributed by atoms with Crippen LogP contribution in [0.25, 0.3) is 33.4 Å². The van der Waals surface area contributed by atoms with Gasteiger partial charge < -0.3 is 14.4 Å². The van der Waals surface area contributed by atoms with Crippen LogP contribution in [0.3, 0.4) is 0 Å². The Morgan fingerprint density at radius 1 is 0.968 bits per heavy atom. The zero-order valence-corrected chi connectivity index (χ0v) is 19.0. The molecule has 0 saturated heterocycles. The summed E-state index contributed by atoms with van der Waals surface area (Å²) in [4.78, 5) is 14.1. The largest absolute Gasteiger partial charge is 0.478 e. The van der Waals surface area contributed by atoms with Gasteiger partial charge in [-0.05, 0) is 35.9 Å². The van der Waals surface area contributed by atoms with Gasteiger partial charge in [-0.1, -0.05) is 23.2 Å². The number of rotatable bonds is 3. The second kappa shape index (κ2) is 7.91. The summed E-state index contributed by atoms with van der Waals surface area (Å²) in [6, 6.07) is 14.7. The van der Waals surface area contributed by atoms with Crippen molar-refractivity contribution in [3.05, 3.63) is 69.5 Å². The summed E-state index contributed by atoms with van der Waals surface area (Å²) in [5, 5.41) is 12.1. The lowest BCUT2D eigenvalue weighted by molar-refractivity contribution is 0.0697. The molecular formula is C24H21Cl2N2O3+. The number of halogens is 2. The number of carboxylic acid groups (broad SMARTS) is 1. The Kier molecular flexibility index (Phi) is 5.42. The van der Waals surface area contributed by atoms with Crippen molar-refractivity contribution in [3.8, 4) is 22.5 Å². The van der Waals surface area contributed by atoms with Crippen molar-refractivity contribution in [3.63, 3.8) is 0 Å². The molecule has 2 aromatic rings.